The van der Waals surface area contributed by atoms with Gasteiger partial charge in [0.1, 0.15) is 4.90 Å². The van der Waals surface area contributed by atoms with Crippen LogP contribution in [-0.4, -0.2) is 20.5 Å². The summed E-state index contributed by atoms with van der Waals surface area (Å²) in [6.07, 6.45) is -8.49. The Kier molecular flexibility index (Phi) is 7.19. The molecule has 0 aromatic heterocycles. The van der Waals surface area contributed by atoms with E-state index in [4.69, 9.17) is 4.18 Å². The Hall–Kier alpha value is -3.87. The van der Waals surface area contributed by atoms with Crippen molar-refractivity contribution in [1.29, 1.82) is 0 Å². The second-order valence-electron chi connectivity index (χ2n) is 6.84. The van der Waals surface area contributed by atoms with Crippen LogP contribution in [0.1, 0.15) is 27.0 Å². The summed E-state index contributed by atoms with van der Waals surface area (Å²) in [6, 6.07) is 12.1. The molecule has 0 radical (unpaired) electrons. The van der Waals surface area contributed by atoms with Gasteiger partial charge in [0.2, 0.25) is 0 Å². The van der Waals surface area contributed by atoms with Crippen LogP contribution in [0, 0.1) is 0 Å². The van der Waals surface area contributed by atoms with Gasteiger partial charge in [0.25, 0.3) is 5.91 Å². The lowest BCUT2D eigenvalue weighted by atomic mass is 10.1. The molecule has 0 saturated heterocycles. The molecule has 184 valence electrons. The van der Waals surface area contributed by atoms with E-state index in [-0.39, 0.29) is 11.3 Å². The lowest BCUT2D eigenvalue weighted by Crippen LogP contribution is -2.22. The van der Waals surface area contributed by atoms with Gasteiger partial charge in [-0.1, -0.05) is 24.3 Å². The normalized spacial score (nSPS) is 12.5. The second kappa shape index (κ2) is 9.78. The maximum Gasteiger partial charge on any atom is 0.417 e. The van der Waals surface area contributed by atoms with Gasteiger partial charge in [-0.2, -0.15) is 39.9 Å². The van der Waals surface area contributed by atoms with Crippen LogP contribution in [0.4, 0.5) is 26.3 Å². The monoisotopic (exact) mass is 516 g/mol. The molecule has 0 unspecified atom stereocenters. The highest BCUT2D eigenvalue weighted by Gasteiger charge is 2.35. The second-order valence-corrected chi connectivity index (χ2v) is 8.39. The van der Waals surface area contributed by atoms with Crippen molar-refractivity contribution in [2.24, 2.45) is 5.10 Å². The van der Waals surface area contributed by atoms with Crippen LogP contribution in [0.5, 0.6) is 5.75 Å². The molecule has 13 heteroatoms. The Morgan fingerprint density at radius 1 is 0.829 bits per heavy atom. The summed E-state index contributed by atoms with van der Waals surface area (Å²) in [7, 11) is -4.55. The van der Waals surface area contributed by atoms with Crippen LogP contribution < -0.4 is 9.61 Å². The van der Waals surface area contributed by atoms with Gasteiger partial charge < -0.3 is 4.18 Å². The Bertz CT molecular complexity index is 1350. The molecule has 0 fully saturated rings. The average Bonchev–Trinajstić information content (AvgIpc) is 2.79. The third-order valence-corrected chi connectivity index (χ3v) is 5.68. The van der Waals surface area contributed by atoms with Gasteiger partial charge in [-0.3, -0.25) is 4.79 Å². The summed E-state index contributed by atoms with van der Waals surface area (Å²) >= 11 is 0. The molecule has 0 atom stereocenters. The minimum absolute atomic E-state index is 0.00685. The molecule has 1 N–H and O–H groups in total. The first-order chi connectivity index (χ1) is 16.3. The minimum Gasteiger partial charge on any atom is -0.378 e. The lowest BCUT2D eigenvalue weighted by Gasteiger charge is -2.11. The van der Waals surface area contributed by atoms with Gasteiger partial charge in [0.15, 0.2) is 5.75 Å². The molecular weight excluding hydrogens is 502 g/mol. The van der Waals surface area contributed by atoms with E-state index in [0.717, 1.165) is 36.5 Å². The first kappa shape index (κ1) is 25.7. The lowest BCUT2D eigenvalue weighted by molar-refractivity contribution is -0.138. The molecule has 0 aliphatic carbocycles. The van der Waals surface area contributed by atoms with Crippen molar-refractivity contribution < 1.29 is 43.7 Å². The van der Waals surface area contributed by atoms with Crippen LogP contribution in [0.3, 0.4) is 0 Å². The summed E-state index contributed by atoms with van der Waals surface area (Å²) < 4.78 is 107. The van der Waals surface area contributed by atoms with E-state index in [2.05, 4.69) is 5.10 Å². The van der Waals surface area contributed by atoms with E-state index >= 15 is 0 Å². The van der Waals surface area contributed by atoms with Crippen LogP contribution in [0.25, 0.3) is 0 Å². The average molecular weight is 516 g/mol. The topological polar surface area (TPSA) is 84.8 Å². The fraction of sp³-hybridized carbons (Fsp3) is 0.0909. The number of halogens is 6. The van der Waals surface area contributed by atoms with Crippen LogP contribution in [0.2, 0.25) is 0 Å². The Morgan fingerprint density at radius 3 is 2.06 bits per heavy atom. The zero-order chi connectivity index (χ0) is 25.9. The molecule has 6 nitrogen and oxygen atoms in total. The number of benzene rings is 3. The number of hydrogen-bond donors (Lipinski definition) is 1. The third kappa shape index (κ3) is 6.38. The number of hydrogen-bond acceptors (Lipinski definition) is 5. The summed E-state index contributed by atoms with van der Waals surface area (Å²) in [5, 5.41) is 3.55. The number of carbonyl (C=O) groups is 1. The summed E-state index contributed by atoms with van der Waals surface area (Å²) in [6.45, 7) is 0. The number of amides is 1. The molecule has 1 amide bonds. The van der Waals surface area contributed by atoms with E-state index in [0.29, 0.717) is 12.1 Å². The molecule has 0 aliphatic heterocycles. The molecular formula is C22H14F6N2O4S. The van der Waals surface area contributed by atoms with Crippen LogP contribution >= 0.6 is 0 Å². The zero-order valence-electron chi connectivity index (χ0n) is 17.3. The summed E-state index contributed by atoms with van der Waals surface area (Å²) in [5.41, 5.74) is -0.963. The van der Waals surface area contributed by atoms with Crippen LogP contribution in [-0.2, 0) is 22.5 Å². The van der Waals surface area contributed by atoms with Gasteiger partial charge in [0, 0.05) is 5.56 Å². The van der Waals surface area contributed by atoms with Crippen molar-refractivity contribution in [3.8, 4) is 5.75 Å². The molecule has 0 aliphatic rings. The Morgan fingerprint density at radius 2 is 1.43 bits per heavy atom. The molecule has 0 saturated carbocycles. The molecule has 0 bridgehead atoms. The highest BCUT2D eigenvalue weighted by molar-refractivity contribution is 7.87. The maximum atomic E-state index is 13.1. The van der Waals surface area contributed by atoms with Crippen molar-refractivity contribution in [1.82, 2.24) is 5.43 Å². The number of para-hydroxylation sites is 1. The largest absolute Gasteiger partial charge is 0.417 e. The van der Waals surface area contributed by atoms with Crippen molar-refractivity contribution in [2.45, 2.75) is 17.2 Å². The number of rotatable bonds is 6. The Balaban J connectivity index is 1.78. The standard InChI is InChI=1S/C22H14F6N2O4S/c23-21(24,25)15-9-11-16(12-10-15)35(32,33)34-19-8-4-1-5-14(19)13-29-30-20(31)17-6-2-3-7-18(17)22(26,27)28/h1-13H,(H,30,31)/b29-13+. The van der Waals surface area contributed by atoms with Crippen LogP contribution in [0.15, 0.2) is 82.8 Å². The van der Waals surface area contributed by atoms with Crippen molar-refractivity contribution >= 4 is 22.2 Å². The van der Waals surface area contributed by atoms with E-state index in [1.807, 2.05) is 5.43 Å². The quantitative estimate of drug-likeness (QED) is 0.210. The molecule has 0 heterocycles. The number of nitrogens with one attached hydrogen (secondary N) is 1. The van der Waals surface area contributed by atoms with Crippen molar-refractivity contribution in [3.63, 3.8) is 0 Å². The molecule has 3 aromatic carbocycles. The van der Waals surface area contributed by atoms with E-state index in [1.165, 1.54) is 30.3 Å². The van der Waals surface area contributed by atoms with Gasteiger partial charge in [-0.05, 0) is 48.5 Å². The van der Waals surface area contributed by atoms with Gasteiger partial charge in [0.05, 0.1) is 22.9 Å². The van der Waals surface area contributed by atoms with Crippen molar-refractivity contribution in [3.05, 3.63) is 95.1 Å². The molecule has 35 heavy (non-hydrogen) atoms. The zero-order valence-corrected chi connectivity index (χ0v) is 18.1. The fourth-order valence-corrected chi connectivity index (χ4v) is 3.74. The minimum atomic E-state index is -4.77. The number of alkyl halides is 6. The maximum absolute atomic E-state index is 13.1. The predicted molar refractivity (Wildman–Crippen MR) is 112 cm³/mol. The fourth-order valence-electron chi connectivity index (χ4n) is 2.79. The first-order valence-electron chi connectivity index (χ1n) is 9.49. The number of nitrogens with zero attached hydrogens (tertiary/aromatic N) is 1. The molecule has 3 aromatic rings. The summed E-state index contributed by atoms with van der Waals surface area (Å²) in [5.74, 6) is -1.45. The third-order valence-electron chi connectivity index (χ3n) is 4.44. The molecule has 3 rings (SSSR count). The number of hydrazone groups is 1. The van der Waals surface area contributed by atoms with E-state index in [9.17, 15) is 39.6 Å². The Labute approximate surface area is 195 Å². The number of carbonyl (C=O) groups excluding carboxylic acids is 1. The van der Waals surface area contributed by atoms with E-state index in [1.54, 1.807) is 0 Å². The summed E-state index contributed by atoms with van der Waals surface area (Å²) in [4.78, 5) is 11.6. The SMILES string of the molecule is O=C(N/N=C/c1ccccc1OS(=O)(=O)c1ccc(C(F)(F)F)cc1)c1ccccc1C(F)(F)F. The van der Waals surface area contributed by atoms with E-state index < -0.39 is 50.0 Å². The molecule has 0 spiro atoms. The van der Waals surface area contributed by atoms with Gasteiger partial charge >= 0.3 is 22.5 Å². The van der Waals surface area contributed by atoms with Gasteiger partial charge in [-0.15, -0.1) is 0 Å². The highest BCUT2D eigenvalue weighted by atomic mass is 32.2. The predicted octanol–water partition coefficient (Wildman–Crippen LogP) is 5.26. The highest BCUT2D eigenvalue weighted by Crippen LogP contribution is 2.32. The van der Waals surface area contributed by atoms with Gasteiger partial charge in [-0.25, -0.2) is 5.43 Å². The first-order valence-corrected chi connectivity index (χ1v) is 10.9. The smallest absolute Gasteiger partial charge is 0.378 e. The van der Waals surface area contributed by atoms with Crippen molar-refractivity contribution in [2.75, 3.05) is 0 Å².